The van der Waals surface area contributed by atoms with Crippen molar-refractivity contribution < 1.29 is 22.0 Å². The number of benzene rings is 1. The van der Waals surface area contributed by atoms with Crippen LogP contribution in [0.15, 0.2) is 59.3 Å². The van der Waals surface area contributed by atoms with Gasteiger partial charge in [0.05, 0.1) is 0 Å². The Morgan fingerprint density at radius 3 is 2.67 bits per heavy atom. The van der Waals surface area contributed by atoms with Crippen LogP contribution in [0.3, 0.4) is 0 Å². The van der Waals surface area contributed by atoms with E-state index in [1.54, 1.807) is 30.5 Å². The highest BCUT2D eigenvalue weighted by Gasteiger charge is 2.38. The first-order valence-corrected chi connectivity index (χ1v) is 7.90. The van der Waals surface area contributed by atoms with Gasteiger partial charge in [-0.3, -0.25) is 0 Å². The fourth-order valence-corrected chi connectivity index (χ4v) is 2.65. The van der Waals surface area contributed by atoms with E-state index in [-0.39, 0.29) is 11.7 Å². The molecule has 1 aromatic carbocycles. The standard InChI is InChI=1S/C18H12F4N4O/c19-13-2-1-3-14(8-13)23-9-11-6-15-7-12(4-5-26(15)10-11)16-24-25-17(27-16)18(20,21)22/h1-8,10,23H,9H2. The van der Waals surface area contributed by atoms with Crippen LogP contribution in [0.25, 0.3) is 17.0 Å². The first-order chi connectivity index (χ1) is 12.9. The Hall–Kier alpha value is -3.36. The zero-order valence-corrected chi connectivity index (χ0v) is 13.7. The summed E-state index contributed by atoms with van der Waals surface area (Å²) in [6.45, 7) is 0.458. The monoisotopic (exact) mass is 376 g/mol. The van der Waals surface area contributed by atoms with Gasteiger partial charge in [-0.25, -0.2) is 4.39 Å². The van der Waals surface area contributed by atoms with Gasteiger partial charge in [-0.2, -0.15) is 13.2 Å². The summed E-state index contributed by atoms with van der Waals surface area (Å²) in [6, 6.07) is 11.2. The quantitative estimate of drug-likeness (QED) is 0.522. The number of rotatable bonds is 4. The molecule has 138 valence electrons. The van der Waals surface area contributed by atoms with Crippen molar-refractivity contribution in [3.63, 3.8) is 0 Å². The predicted octanol–water partition coefficient (Wildman–Crippen LogP) is 4.76. The molecule has 3 heterocycles. The molecule has 0 unspecified atom stereocenters. The third-order valence-electron chi connectivity index (χ3n) is 3.89. The second-order valence-corrected chi connectivity index (χ2v) is 5.87. The zero-order chi connectivity index (χ0) is 19.0. The first-order valence-electron chi connectivity index (χ1n) is 7.90. The van der Waals surface area contributed by atoms with Gasteiger partial charge < -0.3 is 14.1 Å². The largest absolute Gasteiger partial charge is 0.470 e. The summed E-state index contributed by atoms with van der Waals surface area (Å²) in [5, 5.41) is 9.60. The van der Waals surface area contributed by atoms with Crippen molar-refractivity contribution in [2.45, 2.75) is 12.7 Å². The molecule has 0 aliphatic rings. The van der Waals surface area contributed by atoms with Gasteiger partial charge in [0.2, 0.25) is 5.89 Å². The van der Waals surface area contributed by atoms with E-state index in [0.29, 0.717) is 17.8 Å². The van der Waals surface area contributed by atoms with Crippen LogP contribution in [0, 0.1) is 5.82 Å². The van der Waals surface area contributed by atoms with Crippen molar-refractivity contribution in [2.24, 2.45) is 0 Å². The summed E-state index contributed by atoms with van der Waals surface area (Å²) in [5.74, 6) is -1.91. The van der Waals surface area contributed by atoms with Crippen LogP contribution >= 0.6 is 0 Å². The fraction of sp³-hybridized carbons (Fsp3) is 0.111. The minimum Gasteiger partial charge on any atom is -0.413 e. The maximum atomic E-state index is 13.2. The summed E-state index contributed by atoms with van der Waals surface area (Å²) in [7, 11) is 0. The van der Waals surface area contributed by atoms with E-state index >= 15 is 0 Å². The van der Waals surface area contributed by atoms with Crippen LogP contribution < -0.4 is 5.32 Å². The SMILES string of the molecule is Fc1cccc(NCc2cc3cc(-c4nnc(C(F)(F)F)o4)ccn3c2)c1. The molecule has 0 atom stereocenters. The molecular formula is C18H12F4N4O. The third-order valence-corrected chi connectivity index (χ3v) is 3.89. The van der Waals surface area contributed by atoms with Crippen molar-refractivity contribution in [2.75, 3.05) is 5.32 Å². The van der Waals surface area contributed by atoms with Crippen LogP contribution in [0.1, 0.15) is 11.5 Å². The highest BCUT2D eigenvalue weighted by molar-refractivity contribution is 5.63. The van der Waals surface area contributed by atoms with Crippen LogP contribution in [0.2, 0.25) is 0 Å². The van der Waals surface area contributed by atoms with E-state index in [2.05, 4.69) is 15.5 Å². The topological polar surface area (TPSA) is 55.4 Å². The Bertz CT molecular complexity index is 1100. The minimum atomic E-state index is -4.68. The van der Waals surface area contributed by atoms with Crippen LogP contribution in [-0.2, 0) is 12.7 Å². The third kappa shape index (κ3) is 3.62. The van der Waals surface area contributed by atoms with E-state index in [0.717, 1.165) is 11.1 Å². The predicted molar refractivity (Wildman–Crippen MR) is 89.4 cm³/mol. The molecule has 0 bridgehead atoms. The van der Waals surface area contributed by atoms with Crippen molar-refractivity contribution in [1.82, 2.24) is 14.6 Å². The van der Waals surface area contributed by atoms with Gasteiger partial charge in [0.25, 0.3) is 0 Å². The number of nitrogens with one attached hydrogen (secondary N) is 1. The Morgan fingerprint density at radius 1 is 1.07 bits per heavy atom. The van der Waals surface area contributed by atoms with Gasteiger partial charge in [-0.1, -0.05) is 6.07 Å². The molecule has 0 fully saturated rings. The van der Waals surface area contributed by atoms with Crippen molar-refractivity contribution >= 4 is 11.2 Å². The molecule has 4 aromatic rings. The summed E-state index contributed by atoms with van der Waals surface area (Å²) < 4.78 is 57.5. The highest BCUT2D eigenvalue weighted by Crippen LogP contribution is 2.30. The fourth-order valence-electron chi connectivity index (χ4n) is 2.65. The number of alkyl halides is 3. The molecule has 0 aliphatic heterocycles. The zero-order valence-electron chi connectivity index (χ0n) is 13.7. The summed E-state index contributed by atoms with van der Waals surface area (Å²) in [5.41, 5.74) is 2.69. The van der Waals surface area contributed by atoms with Crippen molar-refractivity contribution in [3.05, 3.63) is 72.1 Å². The van der Waals surface area contributed by atoms with Gasteiger partial charge in [0, 0.05) is 35.7 Å². The number of pyridine rings is 1. The van der Waals surface area contributed by atoms with Crippen LogP contribution in [-0.4, -0.2) is 14.6 Å². The Kier molecular flexibility index (Phi) is 4.06. The molecule has 0 radical (unpaired) electrons. The molecule has 5 nitrogen and oxygen atoms in total. The van der Waals surface area contributed by atoms with Crippen LogP contribution in [0.5, 0.6) is 0 Å². The van der Waals surface area contributed by atoms with Gasteiger partial charge in [-0.05, 0) is 42.0 Å². The van der Waals surface area contributed by atoms with Gasteiger partial charge >= 0.3 is 12.1 Å². The molecule has 9 heteroatoms. The maximum absolute atomic E-state index is 13.2. The number of fused-ring (bicyclic) bond motifs is 1. The molecule has 0 spiro atoms. The van der Waals surface area contributed by atoms with E-state index in [1.807, 2.05) is 16.7 Å². The van der Waals surface area contributed by atoms with E-state index in [9.17, 15) is 17.6 Å². The van der Waals surface area contributed by atoms with Crippen LogP contribution in [0.4, 0.5) is 23.2 Å². The molecular weight excluding hydrogens is 364 g/mol. The molecule has 27 heavy (non-hydrogen) atoms. The van der Waals surface area contributed by atoms with E-state index < -0.39 is 12.1 Å². The minimum absolute atomic E-state index is 0.203. The van der Waals surface area contributed by atoms with Crippen molar-refractivity contribution in [1.29, 1.82) is 0 Å². The average molecular weight is 376 g/mol. The molecule has 0 amide bonds. The number of aromatic nitrogens is 3. The lowest BCUT2D eigenvalue weighted by atomic mass is 10.2. The summed E-state index contributed by atoms with van der Waals surface area (Å²) >= 11 is 0. The Morgan fingerprint density at radius 2 is 1.93 bits per heavy atom. The number of halogens is 4. The van der Waals surface area contributed by atoms with Crippen molar-refractivity contribution in [3.8, 4) is 11.5 Å². The molecule has 0 saturated carbocycles. The maximum Gasteiger partial charge on any atom is 0.470 e. The molecule has 4 rings (SSSR count). The smallest absolute Gasteiger partial charge is 0.413 e. The lowest BCUT2D eigenvalue weighted by molar-refractivity contribution is -0.156. The van der Waals surface area contributed by atoms with Gasteiger partial charge in [0.15, 0.2) is 0 Å². The number of hydrogen-bond donors (Lipinski definition) is 1. The lowest BCUT2D eigenvalue weighted by Gasteiger charge is -2.04. The van der Waals surface area contributed by atoms with E-state index in [4.69, 9.17) is 4.42 Å². The Labute approximate surface area is 150 Å². The van der Waals surface area contributed by atoms with Gasteiger partial charge in [-0.15, -0.1) is 10.2 Å². The lowest BCUT2D eigenvalue weighted by Crippen LogP contribution is -2.04. The average Bonchev–Trinajstić information content (AvgIpc) is 3.26. The second kappa shape index (κ2) is 6.42. The molecule has 3 aromatic heterocycles. The molecule has 0 saturated heterocycles. The van der Waals surface area contributed by atoms with Gasteiger partial charge in [0.1, 0.15) is 5.82 Å². The number of anilines is 1. The Balaban J connectivity index is 1.55. The molecule has 0 aliphatic carbocycles. The number of nitrogens with zero attached hydrogens (tertiary/aromatic N) is 3. The number of hydrogen-bond acceptors (Lipinski definition) is 4. The first kappa shape index (κ1) is 17.1. The normalized spacial score (nSPS) is 11.9. The second-order valence-electron chi connectivity index (χ2n) is 5.87. The highest BCUT2D eigenvalue weighted by atomic mass is 19.4. The molecule has 1 N–H and O–H groups in total. The summed E-state index contributed by atoms with van der Waals surface area (Å²) in [6.07, 6.45) is -1.13. The summed E-state index contributed by atoms with van der Waals surface area (Å²) in [4.78, 5) is 0. The van der Waals surface area contributed by atoms with E-state index in [1.165, 1.54) is 12.1 Å².